The second kappa shape index (κ2) is 19.4. The number of hydrogen-bond donors (Lipinski definition) is 1. The number of amides is 1. The molecule has 4 heteroatoms. The van der Waals surface area contributed by atoms with Crippen molar-refractivity contribution >= 4 is 5.91 Å². The molecule has 0 spiro atoms. The Morgan fingerprint density at radius 3 is 1.48 bits per heavy atom. The molecule has 1 atom stereocenters. The summed E-state index contributed by atoms with van der Waals surface area (Å²) in [6.45, 7) is 4.12. The number of carbonyl (C=O) groups is 1. The summed E-state index contributed by atoms with van der Waals surface area (Å²) >= 11 is 0. The highest BCUT2D eigenvalue weighted by atomic mass is 16.3. The Hall–Kier alpha value is -0.930. The van der Waals surface area contributed by atoms with Crippen molar-refractivity contribution in [3.8, 4) is 0 Å². The molecule has 0 heterocycles. The van der Waals surface area contributed by atoms with Crippen molar-refractivity contribution in [3.05, 3.63) is 4.91 Å². The molecule has 0 aromatic carbocycles. The molecule has 0 saturated heterocycles. The van der Waals surface area contributed by atoms with Crippen LogP contribution in [-0.2, 0) is 4.79 Å². The van der Waals surface area contributed by atoms with Crippen molar-refractivity contribution < 1.29 is 4.79 Å². The second-order valence-electron chi connectivity index (χ2n) is 7.30. The van der Waals surface area contributed by atoms with Gasteiger partial charge in [0.1, 0.15) is 0 Å². The van der Waals surface area contributed by atoms with E-state index >= 15 is 0 Å². The van der Waals surface area contributed by atoms with Crippen LogP contribution in [0.2, 0.25) is 0 Å². The van der Waals surface area contributed by atoms with Gasteiger partial charge in [-0.25, -0.2) is 0 Å². The molecular weight excluding hydrogens is 312 g/mol. The first kappa shape index (κ1) is 24.1. The molecule has 0 aliphatic carbocycles. The fourth-order valence-electron chi connectivity index (χ4n) is 3.12. The first-order valence-corrected chi connectivity index (χ1v) is 10.9. The molecule has 148 valence electrons. The molecule has 0 saturated carbocycles. The van der Waals surface area contributed by atoms with Gasteiger partial charge >= 0.3 is 0 Å². The molecule has 0 aromatic heterocycles. The molecule has 0 fully saturated rings. The van der Waals surface area contributed by atoms with Crippen LogP contribution in [-0.4, -0.2) is 12.1 Å². The van der Waals surface area contributed by atoms with Gasteiger partial charge < -0.3 is 5.32 Å². The molecule has 0 aliphatic heterocycles. The van der Waals surface area contributed by atoms with Gasteiger partial charge in [0.25, 0.3) is 0 Å². The maximum absolute atomic E-state index is 11.6. The van der Waals surface area contributed by atoms with Gasteiger partial charge in [-0.1, -0.05) is 104 Å². The van der Waals surface area contributed by atoms with E-state index in [4.69, 9.17) is 0 Å². The zero-order chi connectivity index (χ0) is 18.6. The molecule has 0 aromatic rings. The van der Waals surface area contributed by atoms with E-state index in [1.54, 1.807) is 0 Å². The van der Waals surface area contributed by atoms with Gasteiger partial charge in [0.2, 0.25) is 5.91 Å². The van der Waals surface area contributed by atoms with Gasteiger partial charge in [0, 0.05) is 6.42 Å². The number of hydrogen-bond acceptors (Lipinski definition) is 3. The molecule has 0 rings (SSSR count). The van der Waals surface area contributed by atoms with Gasteiger partial charge in [-0.3, -0.25) is 4.79 Å². The van der Waals surface area contributed by atoms with E-state index < -0.39 is 6.17 Å². The number of unbranched alkanes of at least 4 members (excludes halogenated alkanes) is 14. The zero-order valence-corrected chi connectivity index (χ0v) is 16.9. The predicted octanol–water partition coefficient (Wildman–Crippen LogP) is 6.87. The minimum atomic E-state index is -0.552. The fraction of sp³-hybridized carbons (Fsp3) is 0.952. The summed E-state index contributed by atoms with van der Waals surface area (Å²) in [6.07, 6.45) is 20.4. The Morgan fingerprint density at radius 1 is 0.720 bits per heavy atom. The smallest absolute Gasteiger partial charge is 0.221 e. The lowest BCUT2D eigenvalue weighted by atomic mass is 10.0. The third-order valence-corrected chi connectivity index (χ3v) is 4.85. The predicted molar refractivity (Wildman–Crippen MR) is 108 cm³/mol. The normalized spacial score (nSPS) is 12.1. The maximum atomic E-state index is 11.6. The van der Waals surface area contributed by atoms with Crippen molar-refractivity contribution in [2.45, 2.75) is 129 Å². The maximum Gasteiger partial charge on any atom is 0.221 e. The quantitative estimate of drug-likeness (QED) is 0.203. The highest BCUT2D eigenvalue weighted by molar-refractivity contribution is 5.76. The van der Waals surface area contributed by atoms with E-state index in [9.17, 15) is 9.70 Å². The molecule has 0 aliphatic rings. The average molecular weight is 355 g/mol. The molecule has 25 heavy (non-hydrogen) atoms. The zero-order valence-electron chi connectivity index (χ0n) is 16.9. The van der Waals surface area contributed by atoms with Gasteiger partial charge in [0.15, 0.2) is 6.17 Å². The monoisotopic (exact) mass is 354 g/mol. The number of carbonyl (C=O) groups excluding carboxylic acids is 1. The van der Waals surface area contributed by atoms with Crippen molar-refractivity contribution in [1.82, 2.24) is 5.32 Å². The van der Waals surface area contributed by atoms with E-state index in [0.29, 0.717) is 12.8 Å². The number of rotatable bonds is 19. The first-order chi connectivity index (χ1) is 12.2. The van der Waals surface area contributed by atoms with Crippen LogP contribution in [0.15, 0.2) is 5.18 Å². The lowest BCUT2D eigenvalue weighted by molar-refractivity contribution is -0.121. The SMILES string of the molecule is CCCCCCCCCCCCCCCCCC(=O)NC(CC)N=O. The average Bonchev–Trinajstić information content (AvgIpc) is 2.62. The van der Waals surface area contributed by atoms with Crippen molar-refractivity contribution in [2.75, 3.05) is 0 Å². The number of nitroso groups, excluding NO2 is 1. The van der Waals surface area contributed by atoms with Crippen LogP contribution >= 0.6 is 0 Å². The minimum absolute atomic E-state index is 0.0406. The van der Waals surface area contributed by atoms with E-state index in [-0.39, 0.29) is 5.91 Å². The molecule has 4 nitrogen and oxygen atoms in total. The minimum Gasteiger partial charge on any atom is -0.331 e. The summed E-state index contributed by atoms with van der Waals surface area (Å²) in [5, 5.41) is 5.53. The molecular formula is C21H42N2O2. The lowest BCUT2D eigenvalue weighted by Gasteiger charge is -2.08. The Kier molecular flexibility index (Phi) is 18.7. The van der Waals surface area contributed by atoms with Crippen LogP contribution < -0.4 is 5.32 Å². The molecule has 1 amide bonds. The van der Waals surface area contributed by atoms with E-state index in [2.05, 4.69) is 17.4 Å². The Labute approximate surface area is 155 Å². The van der Waals surface area contributed by atoms with Gasteiger partial charge in [-0.2, -0.15) is 0 Å². The lowest BCUT2D eigenvalue weighted by Crippen LogP contribution is -2.32. The highest BCUT2D eigenvalue weighted by Gasteiger charge is 2.09. The van der Waals surface area contributed by atoms with E-state index in [1.807, 2.05) is 6.92 Å². The third-order valence-electron chi connectivity index (χ3n) is 4.85. The molecule has 0 bridgehead atoms. The highest BCUT2D eigenvalue weighted by Crippen LogP contribution is 2.13. The third kappa shape index (κ3) is 17.7. The number of nitrogens with zero attached hydrogens (tertiary/aromatic N) is 1. The van der Waals surface area contributed by atoms with E-state index in [1.165, 1.54) is 83.5 Å². The Morgan fingerprint density at radius 2 is 1.12 bits per heavy atom. The topological polar surface area (TPSA) is 58.5 Å². The van der Waals surface area contributed by atoms with Gasteiger partial charge in [-0.15, -0.1) is 4.91 Å². The van der Waals surface area contributed by atoms with Crippen LogP contribution in [0, 0.1) is 4.91 Å². The Bertz CT molecular complexity index is 308. The molecule has 1 N–H and O–H groups in total. The van der Waals surface area contributed by atoms with E-state index in [0.717, 1.165) is 12.8 Å². The summed E-state index contributed by atoms with van der Waals surface area (Å²) in [5.74, 6) is -0.0406. The van der Waals surface area contributed by atoms with Gasteiger partial charge in [-0.05, 0) is 18.0 Å². The van der Waals surface area contributed by atoms with Crippen LogP contribution in [0.25, 0.3) is 0 Å². The largest absolute Gasteiger partial charge is 0.331 e. The van der Waals surface area contributed by atoms with Crippen LogP contribution in [0.4, 0.5) is 0 Å². The fourth-order valence-corrected chi connectivity index (χ4v) is 3.12. The summed E-state index contributed by atoms with van der Waals surface area (Å²) in [4.78, 5) is 22.0. The summed E-state index contributed by atoms with van der Waals surface area (Å²) < 4.78 is 0. The van der Waals surface area contributed by atoms with Crippen LogP contribution in [0.5, 0.6) is 0 Å². The Balaban J connectivity index is 3.18. The van der Waals surface area contributed by atoms with Crippen molar-refractivity contribution in [3.63, 3.8) is 0 Å². The van der Waals surface area contributed by atoms with Gasteiger partial charge in [0.05, 0.1) is 0 Å². The summed E-state index contributed by atoms with van der Waals surface area (Å²) in [5.41, 5.74) is 0. The number of nitrogens with one attached hydrogen (secondary N) is 1. The standard InChI is InChI=1S/C21H42N2O2/c1-3-5-6-7-8-9-10-11-12-13-14-15-16-17-18-19-21(24)22-20(4-2)23-25/h20H,3-19H2,1-2H3,(H,22,24). The van der Waals surface area contributed by atoms with Crippen LogP contribution in [0.3, 0.4) is 0 Å². The van der Waals surface area contributed by atoms with Crippen molar-refractivity contribution in [1.29, 1.82) is 0 Å². The molecule has 1 unspecified atom stereocenters. The second-order valence-corrected chi connectivity index (χ2v) is 7.30. The van der Waals surface area contributed by atoms with Crippen LogP contribution in [0.1, 0.15) is 123 Å². The summed E-state index contributed by atoms with van der Waals surface area (Å²) in [6, 6.07) is 0. The molecule has 0 radical (unpaired) electrons. The summed E-state index contributed by atoms with van der Waals surface area (Å²) in [7, 11) is 0. The van der Waals surface area contributed by atoms with Crippen molar-refractivity contribution in [2.24, 2.45) is 5.18 Å². The first-order valence-electron chi connectivity index (χ1n) is 10.9.